The van der Waals surface area contributed by atoms with Crippen LogP contribution in [-0.2, 0) is 32.1 Å². The van der Waals surface area contributed by atoms with Crippen molar-refractivity contribution in [2.45, 2.75) is 39.3 Å². The van der Waals surface area contributed by atoms with E-state index in [1.807, 2.05) is 36.4 Å². The number of fused-ring (bicyclic) bond motifs is 1. The molecule has 1 aliphatic heterocycles. The van der Waals surface area contributed by atoms with Crippen molar-refractivity contribution < 1.29 is 23.9 Å². The number of aromatic nitrogens is 1. The van der Waals surface area contributed by atoms with Crippen LogP contribution in [0.1, 0.15) is 43.0 Å². The molecular weight excluding hydrogens is 510 g/mol. The van der Waals surface area contributed by atoms with Gasteiger partial charge in [-0.25, -0.2) is 4.79 Å². The standard InChI is InChI=1S/C30H33N5O5/c1-3-40-27(36)17-25(23-10-7-14-31-19-23)34-28(37)20(2)29(38)35-15-13-22-11-12-24(16-26(22)35)33-30(39)32-18-21-8-5-4-6-9-21/h4-12,14,16,19-20,25H,3,13,15,17-18H2,1-2H3,(H,34,37)(H2,32,33,39). The van der Waals surface area contributed by atoms with E-state index in [2.05, 4.69) is 20.9 Å². The van der Waals surface area contributed by atoms with Crippen LogP contribution in [0.15, 0.2) is 73.1 Å². The van der Waals surface area contributed by atoms with Crippen molar-refractivity contribution in [1.82, 2.24) is 15.6 Å². The number of hydrogen-bond donors (Lipinski definition) is 3. The first-order valence-corrected chi connectivity index (χ1v) is 13.2. The average Bonchev–Trinajstić information content (AvgIpc) is 3.39. The topological polar surface area (TPSA) is 130 Å². The van der Waals surface area contributed by atoms with Crippen LogP contribution in [0.2, 0.25) is 0 Å². The molecule has 208 valence electrons. The Balaban J connectivity index is 1.41. The zero-order valence-electron chi connectivity index (χ0n) is 22.6. The molecule has 4 amide bonds. The van der Waals surface area contributed by atoms with Gasteiger partial charge in [-0.15, -0.1) is 0 Å². The van der Waals surface area contributed by atoms with Gasteiger partial charge in [0, 0.05) is 36.9 Å². The van der Waals surface area contributed by atoms with Gasteiger partial charge in [-0.2, -0.15) is 0 Å². The highest BCUT2D eigenvalue weighted by molar-refractivity contribution is 6.08. The summed E-state index contributed by atoms with van der Waals surface area (Å²) in [5.41, 5.74) is 3.75. The predicted octanol–water partition coefficient (Wildman–Crippen LogP) is 3.74. The monoisotopic (exact) mass is 543 g/mol. The predicted molar refractivity (Wildman–Crippen MR) is 150 cm³/mol. The van der Waals surface area contributed by atoms with E-state index in [1.165, 1.54) is 0 Å². The van der Waals surface area contributed by atoms with Gasteiger partial charge in [0.05, 0.1) is 19.1 Å². The Hall–Kier alpha value is -4.73. The Labute approximate surface area is 233 Å². The van der Waals surface area contributed by atoms with Crippen LogP contribution in [0.25, 0.3) is 0 Å². The fourth-order valence-electron chi connectivity index (χ4n) is 4.50. The number of esters is 1. The van der Waals surface area contributed by atoms with E-state index in [4.69, 9.17) is 4.74 Å². The summed E-state index contributed by atoms with van der Waals surface area (Å²) in [6.07, 6.45) is 3.72. The number of nitrogens with zero attached hydrogens (tertiary/aromatic N) is 2. The van der Waals surface area contributed by atoms with E-state index in [-0.39, 0.29) is 25.0 Å². The molecule has 1 aliphatic rings. The van der Waals surface area contributed by atoms with Gasteiger partial charge in [0.25, 0.3) is 0 Å². The zero-order chi connectivity index (χ0) is 28.5. The van der Waals surface area contributed by atoms with Crippen LogP contribution in [0.5, 0.6) is 0 Å². The number of carbonyl (C=O) groups is 4. The molecule has 3 N–H and O–H groups in total. The highest BCUT2D eigenvalue weighted by atomic mass is 16.5. The molecule has 4 rings (SSSR count). The minimum atomic E-state index is -1.02. The molecule has 0 aliphatic carbocycles. The molecule has 0 fully saturated rings. The first-order chi connectivity index (χ1) is 19.4. The molecule has 40 heavy (non-hydrogen) atoms. The third kappa shape index (κ3) is 7.22. The Kier molecular flexibility index (Phi) is 9.45. The van der Waals surface area contributed by atoms with E-state index >= 15 is 0 Å². The van der Waals surface area contributed by atoms with Crippen molar-refractivity contribution in [1.29, 1.82) is 0 Å². The van der Waals surface area contributed by atoms with Gasteiger partial charge in [-0.05, 0) is 55.2 Å². The minimum Gasteiger partial charge on any atom is -0.466 e. The summed E-state index contributed by atoms with van der Waals surface area (Å²) in [6, 6.07) is 17.4. The van der Waals surface area contributed by atoms with E-state index in [1.54, 1.807) is 55.4 Å². The van der Waals surface area contributed by atoms with E-state index in [9.17, 15) is 19.2 Å². The lowest BCUT2D eigenvalue weighted by Crippen LogP contribution is -2.43. The van der Waals surface area contributed by atoms with E-state index in [0.717, 1.165) is 11.1 Å². The van der Waals surface area contributed by atoms with Crippen molar-refractivity contribution in [3.8, 4) is 0 Å². The Morgan fingerprint density at radius 2 is 1.85 bits per heavy atom. The molecule has 10 nitrogen and oxygen atoms in total. The third-order valence-electron chi connectivity index (χ3n) is 6.64. The number of hydrogen-bond acceptors (Lipinski definition) is 6. The largest absolute Gasteiger partial charge is 0.466 e. The van der Waals surface area contributed by atoms with Crippen molar-refractivity contribution in [2.75, 3.05) is 23.4 Å². The van der Waals surface area contributed by atoms with Crippen molar-refractivity contribution >= 4 is 35.2 Å². The molecule has 10 heteroatoms. The lowest BCUT2D eigenvalue weighted by atomic mass is 10.0. The number of urea groups is 1. The molecular formula is C30H33N5O5. The van der Waals surface area contributed by atoms with Gasteiger partial charge >= 0.3 is 12.0 Å². The van der Waals surface area contributed by atoms with Gasteiger partial charge < -0.3 is 25.6 Å². The van der Waals surface area contributed by atoms with Crippen LogP contribution in [0.4, 0.5) is 16.2 Å². The second-order valence-electron chi connectivity index (χ2n) is 9.46. The summed E-state index contributed by atoms with van der Waals surface area (Å²) < 4.78 is 5.06. The number of rotatable bonds is 10. The lowest BCUT2D eigenvalue weighted by Gasteiger charge is -2.24. The van der Waals surface area contributed by atoms with Gasteiger partial charge in [-0.1, -0.05) is 42.5 Å². The summed E-state index contributed by atoms with van der Waals surface area (Å²) in [7, 11) is 0. The summed E-state index contributed by atoms with van der Waals surface area (Å²) >= 11 is 0. The third-order valence-corrected chi connectivity index (χ3v) is 6.64. The SMILES string of the molecule is CCOC(=O)CC(NC(=O)C(C)C(=O)N1CCc2ccc(NC(=O)NCc3ccccc3)cc21)c1cccnc1. The second-order valence-corrected chi connectivity index (χ2v) is 9.46. The van der Waals surface area contributed by atoms with Gasteiger partial charge in [0.15, 0.2) is 0 Å². The quantitative estimate of drug-likeness (QED) is 0.264. The maximum absolute atomic E-state index is 13.4. The molecule has 0 saturated heterocycles. The Morgan fingerprint density at radius 3 is 2.58 bits per heavy atom. The van der Waals surface area contributed by atoms with Crippen molar-refractivity contribution in [2.24, 2.45) is 5.92 Å². The lowest BCUT2D eigenvalue weighted by molar-refractivity contribution is -0.143. The number of anilines is 2. The molecule has 2 atom stereocenters. The first-order valence-electron chi connectivity index (χ1n) is 13.2. The zero-order valence-corrected chi connectivity index (χ0v) is 22.6. The van der Waals surface area contributed by atoms with Crippen molar-refractivity contribution in [3.63, 3.8) is 0 Å². The number of ether oxygens (including phenoxy) is 1. The maximum Gasteiger partial charge on any atom is 0.319 e. The maximum atomic E-state index is 13.4. The minimum absolute atomic E-state index is 0.0832. The second kappa shape index (κ2) is 13.4. The molecule has 0 bridgehead atoms. The molecule has 0 spiro atoms. The van der Waals surface area contributed by atoms with Gasteiger partial charge in [-0.3, -0.25) is 19.4 Å². The fourth-order valence-corrected chi connectivity index (χ4v) is 4.50. The number of amides is 4. The molecule has 2 aromatic carbocycles. The van der Waals surface area contributed by atoms with Crippen molar-refractivity contribution in [3.05, 3.63) is 89.7 Å². The average molecular weight is 544 g/mol. The highest BCUT2D eigenvalue weighted by Gasteiger charge is 2.33. The molecule has 2 unspecified atom stereocenters. The number of benzene rings is 2. The molecule has 2 heterocycles. The molecule has 0 radical (unpaired) electrons. The van der Waals surface area contributed by atoms with Gasteiger partial charge in [0.2, 0.25) is 11.8 Å². The number of nitrogens with one attached hydrogen (secondary N) is 3. The van der Waals surface area contributed by atoms with E-state index < -0.39 is 23.8 Å². The normalized spacial score (nSPS) is 13.5. The number of carbonyl (C=O) groups excluding carboxylic acids is 4. The summed E-state index contributed by atoms with van der Waals surface area (Å²) in [5.74, 6) is -2.36. The van der Waals surface area contributed by atoms with Crippen LogP contribution in [0, 0.1) is 5.92 Å². The van der Waals surface area contributed by atoms with Crippen LogP contribution < -0.4 is 20.9 Å². The van der Waals surface area contributed by atoms with E-state index in [0.29, 0.717) is 36.4 Å². The van der Waals surface area contributed by atoms with Gasteiger partial charge in [0.1, 0.15) is 5.92 Å². The van der Waals surface area contributed by atoms with Crippen LogP contribution >= 0.6 is 0 Å². The summed E-state index contributed by atoms with van der Waals surface area (Å²) in [5, 5.41) is 8.45. The Morgan fingerprint density at radius 1 is 1.05 bits per heavy atom. The first kappa shape index (κ1) is 28.3. The summed E-state index contributed by atoms with van der Waals surface area (Å²) in [6.45, 7) is 4.28. The highest BCUT2D eigenvalue weighted by Crippen LogP contribution is 2.32. The molecule has 1 aromatic heterocycles. The smallest absolute Gasteiger partial charge is 0.319 e. The van der Waals surface area contributed by atoms with Crippen LogP contribution in [-0.4, -0.2) is 42.0 Å². The fraction of sp³-hybridized carbons (Fsp3) is 0.300. The summed E-state index contributed by atoms with van der Waals surface area (Å²) in [4.78, 5) is 56.9. The molecule has 0 saturated carbocycles. The van der Waals surface area contributed by atoms with Crippen LogP contribution in [0.3, 0.4) is 0 Å². The molecule has 3 aromatic rings. The number of pyridine rings is 1. The Bertz CT molecular complexity index is 1350.